The molecule has 0 saturated heterocycles. The predicted molar refractivity (Wildman–Crippen MR) is 72.1 cm³/mol. The van der Waals surface area contributed by atoms with Crippen LogP contribution in [0.25, 0.3) is 0 Å². The summed E-state index contributed by atoms with van der Waals surface area (Å²) in [5, 5.41) is 8.98. The predicted octanol–water partition coefficient (Wildman–Crippen LogP) is 2.14. The fraction of sp³-hybridized carbons (Fsp3) is 0.417. The van der Waals surface area contributed by atoms with Crippen LogP contribution in [-0.4, -0.2) is 19.7 Å². The van der Waals surface area contributed by atoms with Crippen molar-refractivity contribution in [2.24, 2.45) is 5.73 Å². The second-order valence-corrected chi connectivity index (χ2v) is 5.31. The first kappa shape index (κ1) is 14.0. The minimum Gasteiger partial charge on any atom is -0.324 e. The van der Waals surface area contributed by atoms with Crippen LogP contribution in [0.3, 0.4) is 0 Å². The Bertz CT molecular complexity index is 555. The first-order valence-corrected chi connectivity index (χ1v) is 6.96. The summed E-state index contributed by atoms with van der Waals surface area (Å²) in [4.78, 5) is 3.82. The van der Waals surface area contributed by atoms with Crippen LogP contribution in [0.1, 0.15) is 31.3 Å². The second-order valence-electron chi connectivity index (χ2n) is 4.37. The van der Waals surface area contributed by atoms with Crippen molar-refractivity contribution in [2.45, 2.75) is 37.3 Å². The zero-order valence-corrected chi connectivity index (χ0v) is 11.7. The largest absolute Gasteiger partial charge is 0.324 e. The van der Waals surface area contributed by atoms with E-state index >= 15 is 0 Å². The maximum absolute atomic E-state index is 13.0. The van der Waals surface area contributed by atoms with E-state index in [1.165, 1.54) is 24.0 Å². The third-order valence-corrected chi connectivity index (χ3v) is 3.58. The molecular weight excluding hydrogens is 265 g/mol. The van der Waals surface area contributed by atoms with E-state index in [-0.39, 0.29) is 11.9 Å². The molecule has 19 heavy (non-hydrogen) atoms. The first-order valence-electron chi connectivity index (χ1n) is 5.98. The minimum absolute atomic E-state index is 0.238. The number of hydrogen-bond acceptors (Lipinski definition) is 5. The van der Waals surface area contributed by atoms with Gasteiger partial charge < -0.3 is 10.3 Å². The number of aromatic nitrogens is 4. The quantitative estimate of drug-likeness (QED) is 0.850. The molecule has 0 spiro atoms. The molecule has 0 aliphatic rings. The van der Waals surface area contributed by atoms with Crippen molar-refractivity contribution >= 4 is 11.8 Å². The summed E-state index contributed by atoms with van der Waals surface area (Å²) >= 11 is 1.50. The number of thioether (sulfide) groups is 1. The van der Waals surface area contributed by atoms with Gasteiger partial charge in [0.15, 0.2) is 5.16 Å². The van der Waals surface area contributed by atoms with Crippen molar-refractivity contribution in [3.05, 3.63) is 35.7 Å². The van der Waals surface area contributed by atoms with Crippen molar-refractivity contribution < 1.29 is 4.39 Å². The average Bonchev–Trinajstić information content (AvgIpc) is 2.79. The molecule has 0 bridgehead atoms. The molecule has 0 atom stereocenters. The van der Waals surface area contributed by atoms with Crippen LogP contribution in [0, 0.1) is 5.82 Å². The van der Waals surface area contributed by atoms with E-state index in [2.05, 4.69) is 29.0 Å². The summed E-state index contributed by atoms with van der Waals surface area (Å²) in [6, 6.07) is 1.71. The fourth-order valence-corrected chi connectivity index (χ4v) is 2.75. The Hall–Kier alpha value is -1.47. The van der Waals surface area contributed by atoms with Crippen LogP contribution in [0.5, 0.6) is 0 Å². The fourth-order valence-electron chi connectivity index (χ4n) is 1.75. The van der Waals surface area contributed by atoms with Gasteiger partial charge in [0, 0.05) is 18.0 Å². The monoisotopic (exact) mass is 281 g/mol. The van der Waals surface area contributed by atoms with Crippen molar-refractivity contribution in [2.75, 3.05) is 0 Å². The molecule has 0 aromatic carbocycles. The zero-order valence-electron chi connectivity index (χ0n) is 10.9. The molecule has 2 aromatic heterocycles. The van der Waals surface area contributed by atoms with E-state index in [1.54, 1.807) is 6.20 Å². The Morgan fingerprint density at radius 1 is 1.37 bits per heavy atom. The Balaban J connectivity index is 2.13. The van der Waals surface area contributed by atoms with Gasteiger partial charge in [0.2, 0.25) is 0 Å². The number of halogens is 1. The molecule has 0 amide bonds. The number of hydrogen-bond donors (Lipinski definition) is 1. The normalized spacial score (nSPS) is 11.2. The molecule has 0 unspecified atom stereocenters. The third-order valence-electron chi connectivity index (χ3n) is 2.56. The van der Waals surface area contributed by atoms with Crippen molar-refractivity contribution in [3.8, 4) is 0 Å². The number of pyridine rings is 1. The molecule has 2 rings (SSSR count). The van der Waals surface area contributed by atoms with Crippen molar-refractivity contribution in [1.29, 1.82) is 0 Å². The molecule has 102 valence electrons. The molecule has 2 heterocycles. The molecule has 0 aliphatic carbocycles. The lowest BCUT2D eigenvalue weighted by atomic mass is 10.3. The highest BCUT2D eigenvalue weighted by Gasteiger charge is 2.14. The molecule has 0 fully saturated rings. The summed E-state index contributed by atoms with van der Waals surface area (Å²) in [5.74, 6) is 1.03. The van der Waals surface area contributed by atoms with Crippen molar-refractivity contribution in [3.63, 3.8) is 0 Å². The third kappa shape index (κ3) is 3.30. The van der Waals surface area contributed by atoms with Gasteiger partial charge >= 0.3 is 0 Å². The average molecular weight is 281 g/mol. The van der Waals surface area contributed by atoms with Crippen LogP contribution in [0.2, 0.25) is 0 Å². The van der Waals surface area contributed by atoms with E-state index < -0.39 is 0 Å². The molecule has 7 heteroatoms. The van der Waals surface area contributed by atoms with Gasteiger partial charge in [-0.05, 0) is 25.5 Å². The van der Waals surface area contributed by atoms with Crippen molar-refractivity contribution in [1.82, 2.24) is 19.7 Å². The summed E-state index contributed by atoms with van der Waals surface area (Å²) in [6.45, 7) is 4.46. The number of rotatable bonds is 5. The first-order chi connectivity index (χ1) is 9.11. The van der Waals surface area contributed by atoms with E-state index in [0.29, 0.717) is 12.3 Å². The van der Waals surface area contributed by atoms with E-state index in [0.717, 1.165) is 16.5 Å². The van der Waals surface area contributed by atoms with E-state index in [4.69, 9.17) is 5.73 Å². The topological polar surface area (TPSA) is 69.6 Å². The van der Waals surface area contributed by atoms with E-state index in [1.807, 2.05) is 4.57 Å². The van der Waals surface area contributed by atoms with Crippen LogP contribution < -0.4 is 5.73 Å². The summed E-state index contributed by atoms with van der Waals surface area (Å²) in [7, 11) is 0. The smallest absolute Gasteiger partial charge is 0.191 e. The molecule has 0 aliphatic heterocycles. The highest BCUT2D eigenvalue weighted by Crippen LogP contribution is 2.24. The minimum atomic E-state index is -0.328. The Labute approximate surface area is 115 Å². The SMILES string of the molecule is CC(C)n1c(CN)nnc1SCc1cncc(F)c1. The van der Waals surface area contributed by atoms with Crippen LogP contribution in [0.15, 0.2) is 23.6 Å². The Morgan fingerprint density at radius 2 is 2.16 bits per heavy atom. The maximum atomic E-state index is 13.0. The van der Waals surface area contributed by atoms with E-state index in [9.17, 15) is 4.39 Å². The lowest BCUT2D eigenvalue weighted by Gasteiger charge is -2.12. The van der Waals surface area contributed by atoms with Gasteiger partial charge in [-0.1, -0.05) is 11.8 Å². The van der Waals surface area contributed by atoms with Gasteiger partial charge in [-0.15, -0.1) is 10.2 Å². The highest BCUT2D eigenvalue weighted by atomic mass is 32.2. The van der Waals surface area contributed by atoms with Gasteiger partial charge in [0.25, 0.3) is 0 Å². The van der Waals surface area contributed by atoms with Gasteiger partial charge in [-0.25, -0.2) is 4.39 Å². The Morgan fingerprint density at radius 3 is 2.79 bits per heavy atom. The zero-order chi connectivity index (χ0) is 13.8. The summed E-state index contributed by atoms with van der Waals surface area (Å²) in [6.07, 6.45) is 2.84. The van der Waals surface area contributed by atoms with Crippen LogP contribution in [0.4, 0.5) is 4.39 Å². The number of nitrogens with two attached hydrogens (primary N) is 1. The molecular formula is C12H16FN5S. The second kappa shape index (κ2) is 6.12. The van der Waals surface area contributed by atoms with Gasteiger partial charge in [0.05, 0.1) is 12.7 Å². The number of nitrogens with zero attached hydrogens (tertiary/aromatic N) is 4. The Kier molecular flexibility index (Phi) is 4.49. The van der Waals surface area contributed by atoms with Crippen LogP contribution in [-0.2, 0) is 12.3 Å². The highest BCUT2D eigenvalue weighted by molar-refractivity contribution is 7.98. The lowest BCUT2D eigenvalue weighted by molar-refractivity contribution is 0.526. The molecule has 0 radical (unpaired) electrons. The van der Waals surface area contributed by atoms with Crippen LogP contribution >= 0.6 is 11.8 Å². The molecule has 5 nitrogen and oxygen atoms in total. The van der Waals surface area contributed by atoms with Gasteiger partial charge in [0.1, 0.15) is 11.6 Å². The van der Waals surface area contributed by atoms with Gasteiger partial charge in [-0.2, -0.15) is 0 Å². The summed E-state index contributed by atoms with van der Waals surface area (Å²) < 4.78 is 15.0. The molecule has 2 N–H and O–H groups in total. The molecule has 0 saturated carbocycles. The lowest BCUT2D eigenvalue weighted by Crippen LogP contribution is -2.11. The maximum Gasteiger partial charge on any atom is 0.191 e. The molecule has 2 aromatic rings. The standard InChI is InChI=1S/C12H16FN5S/c1-8(2)18-11(4-14)16-17-12(18)19-7-9-3-10(13)6-15-5-9/h3,5-6,8H,4,7,14H2,1-2H3. The summed E-state index contributed by atoms with van der Waals surface area (Å²) in [5.41, 5.74) is 6.45. The van der Waals surface area contributed by atoms with Gasteiger partial charge in [-0.3, -0.25) is 4.98 Å².